The highest BCUT2D eigenvalue weighted by molar-refractivity contribution is 9.10. The normalized spacial score (nSPS) is 10.4. The molecule has 0 saturated carbocycles. The summed E-state index contributed by atoms with van der Waals surface area (Å²) in [5, 5.41) is 2.93. The van der Waals surface area contributed by atoms with E-state index in [0.29, 0.717) is 12.1 Å². The van der Waals surface area contributed by atoms with E-state index in [2.05, 4.69) is 38.4 Å². The number of hydrogen-bond donors (Lipinski definition) is 1. The summed E-state index contributed by atoms with van der Waals surface area (Å²) >= 11 is 3.40. The summed E-state index contributed by atoms with van der Waals surface area (Å²) in [4.78, 5) is 16.6. The summed E-state index contributed by atoms with van der Waals surface area (Å²) < 4.78 is 1.02. The lowest BCUT2D eigenvalue weighted by molar-refractivity contribution is 0.0950. The van der Waals surface area contributed by atoms with Gasteiger partial charge < -0.3 is 5.32 Å². The first-order valence-corrected chi connectivity index (χ1v) is 8.46. The fraction of sp³-hybridized carbons (Fsp3) is 0.100. The van der Waals surface area contributed by atoms with Gasteiger partial charge >= 0.3 is 0 Å². The van der Waals surface area contributed by atoms with Gasteiger partial charge in [0.05, 0.1) is 5.56 Å². The molecule has 0 aliphatic heterocycles. The van der Waals surface area contributed by atoms with Crippen LogP contribution in [0, 0.1) is 6.92 Å². The van der Waals surface area contributed by atoms with Crippen molar-refractivity contribution in [2.75, 3.05) is 0 Å². The summed E-state index contributed by atoms with van der Waals surface area (Å²) in [5.41, 5.74) is 4.80. The van der Waals surface area contributed by atoms with Crippen LogP contribution in [0.15, 0.2) is 71.5 Å². The van der Waals surface area contributed by atoms with Gasteiger partial charge in [0, 0.05) is 29.0 Å². The fourth-order valence-corrected chi connectivity index (χ4v) is 2.62. The quantitative estimate of drug-likeness (QED) is 0.709. The van der Waals surface area contributed by atoms with Crippen LogP contribution in [0.5, 0.6) is 0 Å². The van der Waals surface area contributed by atoms with Crippen molar-refractivity contribution in [2.45, 2.75) is 13.5 Å². The van der Waals surface area contributed by atoms with E-state index in [1.165, 1.54) is 5.56 Å². The first-order chi connectivity index (χ1) is 11.6. The zero-order valence-corrected chi connectivity index (χ0v) is 14.9. The molecular formula is C20H17BrN2O. The van der Waals surface area contributed by atoms with Crippen molar-refractivity contribution in [3.63, 3.8) is 0 Å². The summed E-state index contributed by atoms with van der Waals surface area (Å²) in [6.45, 7) is 2.54. The molecule has 0 bridgehead atoms. The minimum atomic E-state index is -0.126. The summed E-state index contributed by atoms with van der Waals surface area (Å²) in [6, 6.07) is 17.9. The Morgan fingerprint density at radius 1 is 1.00 bits per heavy atom. The SMILES string of the molecule is Cc1ccc(-c2cncc(C(=O)NCc3ccc(Br)cc3)c2)cc1. The van der Waals surface area contributed by atoms with Crippen molar-refractivity contribution >= 4 is 21.8 Å². The van der Waals surface area contributed by atoms with Crippen molar-refractivity contribution in [1.29, 1.82) is 0 Å². The molecule has 3 aromatic rings. The second-order valence-corrected chi connectivity index (χ2v) is 6.55. The third-order valence-corrected chi connectivity index (χ3v) is 4.28. The first-order valence-electron chi connectivity index (χ1n) is 7.66. The highest BCUT2D eigenvalue weighted by Crippen LogP contribution is 2.20. The Morgan fingerprint density at radius 2 is 1.71 bits per heavy atom. The predicted molar refractivity (Wildman–Crippen MR) is 99.7 cm³/mol. The molecule has 120 valence electrons. The lowest BCUT2D eigenvalue weighted by Gasteiger charge is -2.07. The fourth-order valence-electron chi connectivity index (χ4n) is 2.35. The van der Waals surface area contributed by atoms with Gasteiger partial charge in [0.2, 0.25) is 0 Å². The van der Waals surface area contributed by atoms with Gasteiger partial charge in [-0.2, -0.15) is 0 Å². The van der Waals surface area contributed by atoms with E-state index < -0.39 is 0 Å². The molecule has 0 aliphatic rings. The van der Waals surface area contributed by atoms with Crippen LogP contribution in [-0.4, -0.2) is 10.9 Å². The lowest BCUT2D eigenvalue weighted by atomic mass is 10.0. The molecule has 0 atom stereocenters. The Bertz CT molecular complexity index is 842. The van der Waals surface area contributed by atoms with Crippen molar-refractivity contribution in [1.82, 2.24) is 10.3 Å². The van der Waals surface area contributed by atoms with Crippen LogP contribution in [0.1, 0.15) is 21.5 Å². The topological polar surface area (TPSA) is 42.0 Å². The highest BCUT2D eigenvalue weighted by atomic mass is 79.9. The average Bonchev–Trinajstić information content (AvgIpc) is 2.62. The maximum absolute atomic E-state index is 12.4. The van der Waals surface area contributed by atoms with Gasteiger partial charge in [-0.1, -0.05) is 57.9 Å². The van der Waals surface area contributed by atoms with Crippen LogP contribution in [0.4, 0.5) is 0 Å². The van der Waals surface area contributed by atoms with E-state index in [4.69, 9.17) is 0 Å². The molecule has 3 nitrogen and oxygen atoms in total. The van der Waals surface area contributed by atoms with Gasteiger partial charge in [0.25, 0.3) is 5.91 Å². The number of aryl methyl sites for hydroxylation is 1. The number of amides is 1. The van der Waals surface area contributed by atoms with E-state index in [1.54, 1.807) is 12.4 Å². The Labute approximate surface area is 149 Å². The molecule has 0 unspecified atom stereocenters. The van der Waals surface area contributed by atoms with Crippen molar-refractivity contribution in [3.05, 3.63) is 88.2 Å². The maximum Gasteiger partial charge on any atom is 0.253 e. The van der Waals surface area contributed by atoms with Crippen LogP contribution in [0.2, 0.25) is 0 Å². The molecule has 0 saturated heterocycles. The standard InChI is InChI=1S/C20H17BrN2O/c1-14-2-6-16(7-3-14)17-10-18(13-22-12-17)20(24)23-11-15-4-8-19(21)9-5-15/h2-10,12-13H,11H2,1H3,(H,23,24). The van der Waals surface area contributed by atoms with Crippen LogP contribution in [-0.2, 0) is 6.54 Å². The minimum absolute atomic E-state index is 0.126. The van der Waals surface area contributed by atoms with Gasteiger partial charge in [-0.15, -0.1) is 0 Å². The Morgan fingerprint density at radius 3 is 2.42 bits per heavy atom. The third-order valence-electron chi connectivity index (χ3n) is 3.75. The third kappa shape index (κ3) is 4.09. The molecule has 0 spiro atoms. The van der Waals surface area contributed by atoms with E-state index in [9.17, 15) is 4.79 Å². The van der Waals surface area contributed by atoms with Gasteiger partial charge in [-0.3, -0.25) is 9.78 Å². The number of hydrogen-bond acceptors (Lipinski definition) is 2. The minimum Gasteiger partial charge on any atom is -0.348 e. The van der Waals surface area contributed by atoms with E-state index in [1.807, 2.05) is 49.4 Å². The Hall–Kier alpha value is -2.46. The van der Waals surface area contributed by atoms with E-state index in [-0.39, 0.29) is 5.91 Å². The monoisotopic (exact) mass is 380 g/mol. The molecule has 1 amide bonds. The molecule has 0 aliphatic carbocycles. The molecule has 1 N–H and O–H groups in total. The van der Waals surface area contributed by atoms with Crippen LogP contribution in [0.3, 0.4) is 0 Å². The van der Waals surface area contributed by atoms with E-state index >= 15 is 0 Å². The number of benzene rings is 2. The number of halogens is 1. The van der Waals surface area contributed by atoms with Crippen LogP contribution >= 0.6 is 15.9 Å². The molecule has 0 radical (unpaired) electrons. The maximum atomic E-state index is 12.4. The number of carbonyl (C=O) groups is 1. The molecule has 2 aromatic carbocycles. The number of nitrogens with zero attached hydrogens (tertiary/aromatic N) is 1. The van der Waals surface area contributed by atoms with Crippen molar-refractivity contribution in [2.24, 2.45) is 0 Å². The number of pyridine rings is 1. The second kappa shape index (κ2) is 7.41. The molecule has 1 aromatic heterocycles. The van der Waals surface area contributed by atoms with Crippen molar-refractivity contribution in [3.8, 4) is 11.1 Å². The first kappa shape index (κ1) is 16.4. The molecule has 4 heteroatoms. The predicted octanol–water partition coefficient (Wildman–Crippen LogP) is 4.75. The number of carbonyl (C=O) groups excluding carboxylic acids is 1. The zero-order valence-electron chi connectivity index (χ0n) is 13.3. The largest absolute Gasteiger partial charge is 0.348 e. The molecule has 0 fully saturated rings. The summed E-state index contributed by atoms with van der Waals surface area (Å²) in [5.74, 6) is -0.126. The molecule has 3 rings (SSSR count). The van der Waals surface area contributed by atoms with Gasteiger partial charge in [-0.05, 0) is 36.2 Å². The average molecular weight is 381 g/mol. The molecule has 1 heterocycles. The number of nitrogens with one attached hydrogen (secondary N) is 1. The molecule has 24 heavy (non-hydrogen) atoms. The molecular weight excluding hydrogens is 364 g/mol. The van der Waals surface area contributed by atoms with E-state index in [0.717, 1.165) is 21.2 Å². The Balaban J connectivity index is 1.72. The zero-order chi connectivity index (χ0) is 16.9. The summed E-state index contributed by atoms with van der Waals surface area (Å²) in [6.07, 6.45) is 3.37. The lowest BCUT2D eigenvalue weighted by Crippen LogP contribution is -2.22. The highest BCUT2D eigenvalue weighted by Gasteiger charge is 2.08. The van der Waals surface area contributed by atoms with Gasteiger partial charge in [0.15, 0.2) is 0 Å². The Kier molecular flexibility index (Phi) is 5.06. The number of aromatic nitrogens is 1. The smallest absolute Gasteiger partial charge is 0.253 e. The van der Waals surface area contributed by atoms with Crippen molar-refractivity contribution < 1.29 is 4.79 Å². The second-order valence-electron chi connectivity index (χ2n) is 5.64. The number of rotatable bonds is 4. The van der Waals surface area contributed by atoms with Crippen LogP contribution in [0.25, 0.3) is 11.1 Å². The summed E-state index contributed by atoms with van der Waals surface area (Å²) in [7, 11) is 0. The van der Waals surface area contributed by atoms with Gasteiger partial charge in [0.1, 0.15) is 0 Å². The van der Waals surface area contributed by atoms with Gasteiger partial charge in [-0.25, -0.2) is 0 Å². The van der Waals surface area contributed by atoms with Crippen LogP contribution < -0.4 is 5.32 Å².